The summed E-state index contributed by atoms with van der Waals surface area (Å²) in [7, 11) is 2.08. The van der Waals surface area contributed by atoms with Gasteiger partial charge in [0, 0.05) is 26.6 Å². The van der Waals surface area contributed by atoms with Crippen molar-refractivity contribution in [2.45, 2.75) is 65.6 Å². The second-order valence-electron chi connectivity index (χ2n) is 9.12. The van der Waals surface area contributed by atoms with E-state index >= 15 is 0 Å². The zero-order chi connectivity index (χ0) is 22.9. The van der Waals surface area contributed by atoms with Gasteiger partial charge in [-0.2, -0.15) is 0 Å². The van der Waals surface area contributed by atoms with Crippen LogP contribution in [0.2, 0.25) is 0 Å². The smallest absolute Gasteiger partial charge is 0.124 e. The predicted octanol–water partition coefficient (Wildman–Crippen LogP) is 5.85. The number of nitrogens with zero attached hydrogens (tertiary/aromatic N) is 2. The van der Waals surface area contributed by atoms with Gasteiger partial charge in [0.15, 0.2) is 7.05 Å². The van der Waals surface area contributed by atoms with Crippen molar-refractivity contribution < 1.29 is 8.79 Å². The van der Waals surface area contributed by atoms with Gasteiger partial charge in [-0.05, 0) is 50.4 Å². The van der Waals surface area contributed by atoms with Crippen molar-refractivity contribution in [1.82, 2.24) is 4.68 Å². The van der Waals surface area contributed by atoms with Gasteiger partial charge in [0.25, 0.3) is 0 Å². The molecule has 1 aliphatic heterocycles. The lowest BCUT2D eigenvalue weighted by Crippen LogP contribution is -2.52. The lowest BCUT2D eigenvalue weighted by molar-refractivity contribution is -0.735. The fraction of sp³-hybridized carbons (Fsp3) is 0.423. The number of hydrogen-bond acceptors (Lipinski definition) is 0. The predicted molar refractivity (Wildman–Crippen MR) is 117 cm³/mol. The maximum absolute atomic E-state index is 7.90. The van der Waals surface area contributed by atoms with E-state index in [-0.39, 0.29) is 10.8 Å². The van der Waals surface area contributed by atoms with Crippen molar-refractivity contribution in [2.75, 3.05) is 0 Å². The molecule has 2 nitrogen and oxygen atoms in total. The first-order chi connectivity index (χ1) is 14.3. The SMILES string of the molecule is [2H]C([2H])([2H])c1cc(C)cc(-c2cc3n([n+]2C)-c2c(C)cccc2C(C)(C)C3(C)CC)c1. The summed E-state index contributed by atoms with van der Waals surface area (Å²) in [4.78, 5) is 0. The second kappa shape index (κ2) is 6.07. The summed E-state index contributed by atoms with van der Waals surface area (Å²) in [6.07, 6.45) is 1.01. The average Bonchev–Trinajstić information content (AvgIpc) is 3.02. The minimum Gasteiger partial charge on any atom is -0.124 e. The monoisotopic (exact) mass is 376 g/mol. The van der Waals surface area contributed by atoms with E-state index in [0.29, 0.717) is 5.56 Å². The third-order valence-corrected chi connectivity index (χ3v) is 7.30. The first-order valence-corrected chi connectivity index (χ1v) is 10.2. The highest BCUT2D eigenvalue weighted by atomic mass is 15.4. The molecular weight excluding hydrogens is 340 g/mol. The Balaban J connectivity index is 2.07. The summed E-state index contributed by atoms with van der Waals surface area (Å²) < 4.78 is 28.3. The number of aromatic nitrogens is 2. The fourth-order valence-electron chi connectivity index (χ4n) is 5.10. The Morgan fingerprint density at radius 2 is 1.75 bits per heavy atom. The molecule has 0 saturated carbocycles. The summed E-state index contributed by atoms with van der Waals surface area (Å²) in [6, 6.07) is 14.6. The topological polar surface area (TPSA) is 8.81 Å². The van der Waals surface area contributed by atoms with E-state index in [1.165, 1.54) is 22.5 Å². The highest BCUT2D eigenvalue weighted by molar-refractivity contribution is 5.63. The van der Waals surface area contributed by atoms with E-state index in [2.05, 4.69) is 81.4 Å². The third kappa shape index (κ3) is 2.36. The number of hydrogen-bond donors (Lipinski definition) is 0. The van der Waals surface area contributed by atoms with Gasteiger partial charge in [-0.25, -0.2) is 0 Å². The van der Waals surface area contributed by atoms with Gasteiger partial charge in [-0.1, -0.05) is 63.1 Å². The molecule has 0 fully saturated rings. The zero-order valence-corrected chi connectivity index (χ0v) is 18.1. The normalized spacial score (nSPS) is 22.0. The van der Waals surface area contributed by atoms with Gasteiger partial charge < -0.3 is 0 Å². The second-order valence-corrected chi connectivity index (χ2v) is 9.12. The van der Waals surface area contributed by atoms with Crippen LogP contribution in [0.3, 0.4) is 0 Å². The number of benzene rings is 2. The van der Waals surface area contributed by atoms with Crippen molar-refractivity contribution in [3.8, 4) is 16.9 Å². The molecule has 146 valence electrons. The van der Waals surface area contributed by atoms with Crippen molar-refractivity contribution in [3.05, 3.63) is 70.4 Å². The fourth-order valence-corrected chi connectivity index (χ4v) is 5.10. The third-order valence-electron chi connectivity index (χ3n) is 7.30. The molecule has 0 saturated heterocycles. The average molecular weight is 377 g/mol. The Kier molecular flexibility index (Phi) is 3.37. The van der Waals surface area contributed by atoms with Crippen LogP contribution in [-0.4, -0.2) is 4.68 Å². The van der Waals surface area contributed by atoms with Crippen LogP contribution in [0, 0.1) is 20.7 Å². The van der Waals surface area contributed by atoms with Crippen LogP contribution in [0.5, 0.6) is 0 Å². The van der Waals surface area contributed by atoms with Gasteiger partial charge >= 0.3 is 0 Å². The molecule has 2 heterocycles. The number of fused-ring (bicyclic) bond motifs is 3. The Morgan fingerprint density at radius 3 is 2.43 bits per heavy atom. The molecule has 0 N–H and O–H groups in total. The van der Waals surface area contributed by atoms with E-state index < -0.39 is 6.85 Å². The quantitative estimate of drug-likeness (QED) is 0.496. The summed E-state index contributed by atoms with van der Waals surface area (Å²) in [5.41, 5.74) is 8.34. The molecule has 28 heavy (non-hydrogen) atoms. The van der Waals surface area contributed by atoms with Crippen LogP contribution in [0.15, 0.2) is 42.5 Å². The molecule has 0 aliphatic carbocycles. The van der Waals surface area contributed by atoms with Crippen molar-refractivity contribution >= 4 is 0 Å². The lowest BCUT2D eigenvalue weighted by Gasteiger charge is -2.47. The highest BCUT2D eigenvalue weighted by Gasteiger charge is 2.52. The van der Waals surface area contributed by atoms with Crippen LogP contribution in [-0.2, 0) is 17.9 Å². The van der Waals surface area contributed by atoms with Crippen LogP contribution >= 0.6 is 0 Å². The molecule has 4 rings (SSSR count). The van der Waals surface area contributed by atoms with Gasteiger partial charge in [0.05, 0.1) is 5.69 Å². The molecule has 2 heteroatoms. The maximum Gasteiger partial charge on any atom is 0.239 e. The van der Waals surface area contributed by atoms with Gasteiger partial charge in [0.2, 0.25) is 5.69 Å². The molecule has 1 aromatic heterocycles. The van der Waals surface area contributed by atoms with E-state index in [9.17, 15) is 0 Å². The molecule has 1 aliphatic rings. The Morgan fingerprint density at radius 1 is 1.04 bits per heavy atom. The molecular formula is C26H33N2+. The molecule has 1 atom stereocenters. The van der Waals surface area contributed by atoms with Crippen LogP contribution < -0.4 is 4.68 Å². The Bertz CT molecular complexity index is 1180. The van der Waals surface area contributed by atoms with Crippen molar-refractivity contribution in [2.24, 2.45) is 7.05 Å². The van der Waals surface area contributed by atoms with E-state index in [1.54, 1.807) is 6.07 Å². The largest absolute Gasteiger partial charge is 0.239 e. The molecule has 0 radical (unpaired) electrons. The number of aryl methyl sites for hydroxylation is 3. The summed E-state index contributed by atoms with van der Waals surface area (Å²) in [6.45, 7) is 11.3. The Labute approximate surface area is 174 Å². The first-order valence-electron chi connectivity index (χ1n) is 11.7. The van der Waals surface area contributed by atoms with Gasteiger partial charge in [0.1, 0.15) is 5.69 Å². The summed E-state index contributed by atoms with van der Waals surface area (Å²) in [5, 5.41) is 0. The number of rotatable bonds is 2. The minimum atomic E-state index is -2.12. The van der Waals surface area contributed by atoms with E-state index in [1.807, 2.05) is 13.0 Å². The molecule has 1 unspecified atom stereocenters. The molecule has 0 amide bonds. The van der Waals surface area contributed by atoms with Gasteiger partial charge in [-0.3, -0.25) is 0 Å². The summed E-state index contributed by atoms with van der Waals surface area (Å²) >= 11 is 0. The number of para-hydroxylation sites is 1. The van der Waals surface area contributed by atoms with Crippen LogP contribution in [0.25, 0.3) is 16.9 Å². The molecule has 3 aromatic rings. The standard InChI is InChI=1S/C26H33N2/c1-9-26(7)23-16-22(20-14-17(2)13-18(3)15-20)27(8)28(23)24-19(4)11-10-12-21(24)25(26,5)6/h10-16H,9H2,1-8H3/q+1/i2D3. The maximum atomic E-state index is 7.90. The van der Waals surface area contributed by atoms with E-state index in [0.717, 1.165) is 23.2 Å². The Hall–Kier alpha value is -2.35. The van der Waals surface area contributed by atoms with Crippen LogP contribution in [0.4, 0.5) is 0 Å². The van der Waals surface area contributed by atoms with Crippen molar-refractivity contribution in [3.63, 3.8) is 0 Å². The molecule has 0 spiro atoms. The van der Waals surface area contributed by atoms with Crippen LogP contribution in [0.1, 0.15) is 66.2 Å². The minimum absolute atomic E-state index is 0.0435. The van der Waals surface area contributed by atoms with E-state index in [4.69, 9.17) is 4.11 Å². The summed E-state index contributed by atoms with van der Waals surface area (Å²) in [5.74, 6) is 0. The first kappa shape index (κ1) is 15.6. The molecule has 0 bridgehead atoms. The highest BCUT2D eigenvalue weighted by Crippen LogP contribution is 2.52. The van der Waals surface area contributed by atoms with Gasteiger partial charge in [-0.15, -0.1) is 9.36 Å². The zero-order valence-electron chi connectivity index (χ0n) is 21.1. The molecule has 2 aromatic carbocycles. The lowest BCUT2D eigenvalue weighted by atomic mass is 9.58. The van der Waals surface area contributed by atoms with Crippen molar-refractivity contribution in [1.29, 1.82) is 0 Å².